The second-order valence-corrected chi connectivity index (χ2v) is 3.82. The summed E-state index contributed by atoms with van der Waals surface area (Å²) in [4.78, 5) is 11.3. The molecule has 0 fully saturated rings. The van der Waals surface area contributed by atoms with Crippen LogP contribution in [0.15, 0.2) is 6.20 Å². The molecular weight excluding hydrogens is 208 g/mol. The summed E-state index contributed by atoms with van der Waals surface area (Å²) in [5.74, 6) is -1.00. The van der Waals surface area contributed by atoms with Crippen molar-refractivity contribution in [1.82, 2.24) is 9.78 Å². The van der Waals surface area contributed by atoms with Crippen molar-refractivity contribution in [3.63, 3.8) is 0 Å². The number of rotatable bonds is 4. The van der Waals surface area contributed by atoms with Crippen LogP contribution in [0.5, 0.6) is 0 Å². The highest BCUT2D eigenvalue weighted by molar-refractivity contribution is 5.72. The number of aromatic nitrogens is 2. The van der Waals surface area contributed by atoms with E-state index in [-0.39, 0.29) is 0 Å². The molecule has 1 aromatic rings. The lowest BCUT2D eigenvalue weighted by Crippen LogP contribution is -2.21. The Morgan fingerprint density at radius 3 is 2.81 bits per heavy atom. The lowest BCUT2D eigenvalue weighted by atomic mass is 9.97. The van der Waals surface area contributed by atoms with Crippen molar-refractivity contribution in [3.8, 4) is 0 Å². The van der Waals surface area contributed by atoms with Crippen molar-refractivity contribution in [1.29, 1.82) is 0 Å². The number of aryl methyl sites for hydroxylation is 2. The van der Waals surface area contributed by atoms with Crippen LogP contribution in [-0.4, -0.2) is 28.0 Å². The second kappa shape index (κ2) is 5.12. The smallest absolute Gasteiger partial charge is 0.311 e. The molecule has 0 bridgehead atoms. The quantitative estimate of drug-likeness (QED) is 0.772. The molecule has 0 saturated carbocycles. The standard InChI is InChI=1S/C11H18N2O3/c1-5-9-8(6-13(3)12-9)10(14)7(2)11(15)16-4/h6-7,10,14H,5H2,1-4H3. The fourth-order valence-electron chi connectivity index (χ4n) is 1.66. The summed E-state index contributed by atoms with van der Waals surface area (Å²) in [5, 5.41) is 14.3. The van der Waals surface area contributed by atoms with Crippen LogP contribution in [0.25, 0.3) is 0 Å². The lowest BCUT2D eigenvalue weighted by molar-refractivity contribution is -0.148. The van der Waals surface area contributed by atoms with Gasteiger partial charge in [-0.25, -0.2) is 0 Å². The molecule has 0 spiro atoms. The van der Waals surface area contributed by atoms with Gasteiger partial charge in [-0.05, 0) is 13.3 Å². The Bertz CT molecular complexity index is 373. The van der Waals surface area contributed by atoms with Crippen LogP contribution in [-0.2, 0) is 23.0 Å². The van der Waals surface area contributed by atoms with Gasteiger partial charge >= 0.3 is 5.97 Å². The van der Waals surface area contributed by atoms with E-state index in [9.17, 15) is 9.90 Å². The highest BCUT2D eigenvalue weighted by Crippen LogP contribution is 2.25. The van der Waals surface area contributed by atoms with Crippen LogP contribution in [0, 0.1) is 5.92 Å². The molecule has 2 atom stereocenters. The summed E-state index contributed by atoms with van der Waals surface area (Å²) in [6, 6.07) is 0. The fourth-order valence-corrected chi connectivity index (χ4v) is 1.66. The number of carbonyl (C=O) groups excluding carboxylic acids is 1. The van der Waals surface area contributed by atoms with E-state index in [1.54, 1.807) is 24.9 Å². The van der Waals surface area contributed by atoms with Crippen LogP contribution in [0.3, 0.4) is 0 Å². The molecule has 0 radical (unpaired) electrons. The molecule has 1 rings (SSSR count). The van der Waals surface area contributed by atoms with Gasteiger partial charge in [-0.2, -0.15) is 5.10 Å². The summed E-state index contributed by atoms with van der Waals surface area (Å²) in [5.41, 5.74) is 1.51. The van der Waals surface area contributed by atoms with Gasteiger partial charge in [0.1, 0.15) is 0 Å². The van der Waals surface area contributed by atoms with Crippen LogP contribution in [0.4, 0.5) is 0 Å². The van der Waals surface area contributed by atoms with E-state index in [2.05, 4.69) is 9.84 Å². The lowest BCUT2D eigenvalue weighted by Gasteiger charge is -2.16. The van der Waals surface area contributed by atoms with Crippen molar-refractivity contribution < 1.29 is 14.6 Å². The van der Waals surface area contributed by atoms with Crippen LogP contribution < -0.4 is 0 Å². The van der Waals surface area contributed by atoms with E-state index in [0.29, 0.717) is 5.56 Å². The molecule has 0 aliphatic carbocycles. The van der Waals surface area contributed by atoms with Gasteiger partial charge in [-0.1, -0.05) is 6.92 Å². The zero-order valence-electron chi connectivity index (χ0n) is 10.1. The maximum Gasteiger partial charge on any atom is 0.311 e. The van der Waals surface area contributed by atoms with Gasteiger partial charge in [0.2, 0.25) is 0 Å². The molecule has 0 aliphatic heterocycles. The molecule has 0 saturated heterocycles. The van der Waals surface area contributed by atoms with Gasteiger partial charge in [0.05, 0.1) is 24.8 Å². The van der Waals surface area contributed by atoms with Crippen molar-refractivity contribution in [2.75, 3.05) is 7.11 Å². The normalized spacial score (nSPS) is 14.6. The van der Waals surface area contributed by atoms with E-state index >= 15 is 0 Å². The van der Waals surface area contributed by atoms with E-state index in [1.165, 1.54) is 7.11 Å². The largest absolute Gasteiger partial charge is 0.469 e. The topological polar surface area (TPSA) is 64.3 Å². The number of esters is 1. The van der Waals surface area contributed by atoms with Crippen molar-refractivity contribution >= 4 is 5.97 Å². The van der Waals surface area contributed by atoms with Crippen LogP contribution in [0.1, 0.15) is 31.2 Å². The van der Waals surface area contributed by atoms with Crippen molar-refractivity contribution in [2.45, 2.75) is 26.4 Å². The Kier molecular flexibility index (Phi) is 4.06. The number of nitrogens with zero attached hydrogens (tertiary/aromatic N) is 2. The Labute approximate surface area is 95.0 Å². The van der Waals surface area contributed by atoms with E-state index in [1.807, 2.05) is 6.92 Å². The highest BCUT2D eigenvalue weighted by atomic mass is 16.5. The molecule has 0 aliphatic rings. The Balaban J connectivity index is 2.94. The minimum Gasteiger partial charge on any atom is -0.469 e. The molecule has 16 heavy (non-hydrogen) atoms. The molecule has 2 unspecified atom stereocenters. The molecule has 0 aromatic carbocycles. The number of hydrogen-bond donors (Lipinski definition) is 1. The van der Waals surface area contributed by atoms with Crippen LogP contribution >= 0.6 is 0 Å². The van der Waals surface area contributed by atoms with Gasteiger partial charge in [0.15, 0.2) is 0 Å². The Hall–Kier alpha value is -1.36. The number of carbonyl (C=O) groups is 1. The predicted molar refractivity (Wildman–Crippen MR) is 58.7 cm³/mol. The third kappa shape index (κ3) is 2.41. The first-order valence-corrected chi connectivity index (χ1v) is 5.29. The van der Waals surface area contributed by atoms with Crippen LogP contribution in [0.2, 0.25) is 0 Å². The van der Waals surface area contributed by atoms with Gasteiger partial charge < -0.3 is 9.84 Å². The van der Waals surface area contributed by atoms with Crippen molar-refractivity contribution in [3.05, 3.63) is 17.5 Å². The third-order valence-corrected chi connectivity index (χ3v) is 2.64. The summed E-state index contributed by atoms with van der Waals surface area (Å²) < 4.78 is 6.25. The minimum atomic E-state index is -0.865. The molecule has 5 nitrogen and oxygen atoms in total. The molecule has 1 N–H and O–H groups in total. The number of aliphatic hydroxyl groups is 1. The summed E-state index contributed by atoms with van der Waals surface area (Å²) >= 11 is 0. The monoisotopic (exact) mass is 226 g/mol. The maximum absolute atomic E-state index is 11.3. The van der Waals surface area contributed by atoms with E-state index < -0.39 is 18.0 Å². The maximum atomic E-state index is 11.3. The van der Waals surface area contributed by atoms with Gasteiger partial charge in [-0.3, -0.25) is 9.48 Å². The highest BCUT2D eigenvalue weighted by Gasteiger charge is 2.27. The predicted octanol–water partition coefficient (Wildman–Crippen LogP) is 0.825. The van der Waals surface area contributed by atoms with Gasteiger partial charge in [-0.15, -0.1) is 0 Å². The first-order valence-electron chi connectivity index (χ1n) is 5.29. The second-order valence-electron chi connectivity index (χ2n) is 3.82. The van der Waals surface area contributed by atoms with Crippen molar-refractivity contribution in [2.24, 2.45) is 13.0 Å². The third-order valence-electron chi connectivity index (χ3n) is 2.64. The number of methoxy groups -OCH3 is 1. The molecular formula is C11H18N2O3. The molecule has 1 heterocycles. The van der Waals surface area contributed by atoms with Gasteiger partial charge in [0, 0.05) is 18.8 Å². The number of aliphatic hydroxyl groups excluding tert-OH is 1. The first-order chi connectivity index (χ1) is 7.51. The molecule has 90 valence electrons. The molecule has 5 heteroatoms. The molecule has 0 amide bonds. The molecule has 1 aromatic heterocycles. The van der Waals surface area contributed by atoms with Gasteiger partial charge in [0.25, 0.3) is 0 Å². The summed E-state index contributed by atoms with van der Waals surface area (Å²) in [6.45, 7) is 3.60. The SMILES string of the molecule is CCc1nn(C)cc1C(O)C(C)C(=O)OC. The summed E-state index contributed by atoms with van der Waals surface area (Å²) in [7, 11) is 3.10. The number of ether oxygens (including phenoxy) is 1. The average molecular weight is 226 g/mol. The minimum absolute atomic E-state index is 0.418. The Morgan fingerprint density at radius 2 is 2.31 bits per heavy atom. The summed E-state index contributed by atoms with van der Waals surface area (Å²) in [6.07, 6.45) is 1.60. The fraction of sp³-hybridized carbons (Fsp3) is 0.636. The first kappa shape index (κ1) is 12.7. The zero-order valence-corrected chi connectivity index (χ0v) is 10.1. The van der Waals surface area contributed by atoms with E-state index in [4.69, 9.17) is 0 Å². The Morgan fingerprint density at radius 1 is 1.69 bits per heavy atom. The number of hydrogen-bond acceptors (Lipinski definition) is 4. The average Bonchev–Trinajstić information content (AvgIpc) is 2.67. The zero-order chi connectivity index (χ0) is 12.3. The van der Waals surface area contributed by atoms with E-state index in [0.717, 1.165) is 12.1 Å².